The Hall–Kier alpha value is -2.04. The molecule has 17 heavy (non-hydrogen) atoms. The standard InChI is InChI=1S/C12H16N4O/c1-9(4-5-10-3-2-8-17-10)14-12-7-6-11(13)15-16-12/h2-3,6-9H,4-5H2,1H3,(H2,13,15)(H,14,16). The number of aryl methyl sites for hydroxylation is 1. The molecule has 1 atom stereocenters. The van der Waals surface area contributed by atoms with Crippen LogP contribution in [0.25, 0.3) is 0 Å². The van der Waals surface area contributed by atoms with E-state index in [1.54, 1.807) is 12.3 Å². The van der Waals surface area contributed by atoms with Gasteiger partial charge in [-0.3, -0.25) is 0 Å². The second kappa shape index (κ2) is 5.34. The summed E-state index contributed by atoms with van der Waals surface area (Å²) < 4.78 is 5.28. The predicted octanol–water partition coefficient (Wildman–Crippen LogP) is 2.08. The molecule has 0 saturated carbocycles. The van der Waals surface area contributed by atoms with E-state index in [1.807, 2.05) is 18.2 Å². The van der Waals surface area contributed by atoms with E-state index >= 15 is 0 Å². The maximum absolute atomic E-state index is 5.47. The van der Waals surface area contributed by atoms with Crippen molar-refractivity contribution >= 4 is 11.6 Å². The number of nitrogens with zero attached hydrogens (tertiary/aromatic N) is 2. The lowest BCUT2D eigenvalue weighted by atomic mass is 10.1. The van der Waals surface area contributed by atoms with Crippen LogP contribution in [0.4, 0.5) is 11.6 Å². The Morgan fingerprint density at radius 1 is 1.35 bits per heavy atom. The average Bonchev–Trinajstić information content (AvgIpc) is 2.83. The number of rotatable bonds is 5. The van der Waals surface area contributed by atoms with E-state index < -0.39 is 0 Å². The van der Waals surface area contributed by atoms with Crippen LogP contribution in [0.3, 0.4) is 0 Å². The van der Waals surface area contributed by atoms with E-state index in [1.165, 1.54) is 0 Å². The van der Waals surface area contributed by atoms with E-state index in [0.717, 1.165) is 24.4 Å². The van der Waals surface area contributed by atoms with Crippen molar-refractivity contribution < 1.29 is 4.42 Å². The summed E-state index contributed by atoms with van der Waals surface area (Å²) in [5.74, 6) is 2.17. The first-order valence-corrected chi connectivity index (χ1v) is 5.62. The van der Waals surface area contributed by atoms with E-state index in [9.17, 15) is 0 Å². The fourth-order valence-corrected chi connectivity index (χ4v) is 1.56. The second-order valence-corrected chi connectivity index (χ2v) is 4.01. The number of aromatic nitrogens is 2. The van der Waals surface area contributed by atoms with Gasteiger partial charge in [0.15, 0.2) is 0 Å². The molecule has 0 aliphatic carbocycles. The van der Waals surface area contributed by atoms with Gasteiger partial charge in [-0.15, -0.1) is 10.2 Å². The number of furan rings is 1. The lowest BCUT2D eigenvalue weighted by molar-refractivity contribution is 0.494. The van der Waals surface area contributed by atoms with Gasteiger partial charge >= 0.3 is 0 Å². The molecule has 0 aromatic carbocycles. The highest BCUT2D eigenvalue weighted by Gasteiger charge is 2.05. The molecule has 3 N–H and O–H groups in total. The van der Waals surface area contributed by atoms with Crippen LogP contribution < -0.4 is 11.1 Å². The Kier molecular flexibility index (Phi) is 3.59. The van der Waals surface area contributed by atoms with Gasteiger partial charge in [0.05, 0.1) is 6.26 Å². The van der Waals surface area contributed by atoms with Crippen molar-refractivity contribution in [2.75, 3.05) is 11.1 Å². The molecule has 0 amide bonds. The first kappa shape index (κ1) is 11.4. The monoisotopic (exact) mass is 232 g/mol. The van der Waals surface area contributed by atoms with Gasteiger partial charge in [0, 0.05) is 12.5 Å². The fraction of sp³-hybridized carbons (Fsp3) is 0.333. The largest absolute Gasteiger partial charge is 0.469 e. The molecule has 5 heteroatoms. The molecule has 90 valence electrons. The summed E-state index contributed by atoms with van der Waals surface area (Å²) in [5, 5.41) is 11.0. The van der Waals surface area contributed by atoms with Crippen LogP contribution >= 0.6 is 0 Å². The van der Waals surface area contributed by atoms with Crippen molar-refractivity contribution in [3.8, 4) is 0 Å². The summed E-state index contributed by atoms with van der Waals surface area (Å²) in [6.07, 6.45) is 3.57. The minimum absolute atomic E-state index is 0.304. The van der Waals surface area contributed by atoms with Crippen LogP contribution in [0.5, 0.6) is 0 Å². The predicted molar refractivity (Wildman–Crippen MR) is 66.6 cm³/mol. The van der Waals surface area contributed by atoms with Crippen LogP contribution in [0.1, 0.15) is 19.1 Å². The lowest BCUT2D eigenvalue weighted by Crippen LogP contribution is -2.17. The number of hydrogen-bond acceptors (Lipinski definition) is 5. The summed E-state index contributed by atoms with van der Waals surface area (Å²) in [6, 6.07) is 7.74. The van der Waals surface area contributed by atoms with Gasteiger partial charge in [-0.05, 0) is 37.6 Å². The first-order chi connectivity index (χ1) is 8.24. The number of hydrogen-bond donors (Lipinski definition) is 2. The molecule has 5 nitrogen and oxygen atoms in total. The highest BCUT2D eigenvalue weighted by Crippen LogP contribution is 2.10. The van der Waals surface area contributed by atoms with Gasteiger partial charge in [0.1, 0.15) is 17.4 Å². The molecule has 0 bridgehead atoms. The molecule has 0 aliphatic rings. The third kappa shape index (κ3) is 3.48. The SMILES string of the molecule is CC(CCc1ccco1)Nc1ccc(N)nn1. The first-order valence-electron chi connectivity index (χ1n) is 5.62. The van der Waals surface area contributed by atoms with Gasteiger partial charge in [0.25, 0.3) is 0 Å². The van der Waals surface area contributed by atoms with Gasteiger partial charge in [-0.1, -0.05) is 0 Å². The zero-order valence-electron chi connectivity index (χ0n) is 9.76. The zero-order chi connectivity index (χ0) is 12.1. The summed E-state index contributed by atoms with van der Waals surface area (Å²) in [4.78, 5) is 0. The molecule has 2 rings (SSSR count). The van der Waals surface area contributed by atoms with Crippen molar-refractivity contribution in [2.24, 2.45) is 0 Å². The fourth-order valence-electron chi connectivity index (χ4n) is 1.56. The summed E-state index contributed by atoms with van der Waals surface area (Å²) >= 11 is 0. The summed E-state index contributed by atoms with van der Waals surface area (Å²) in [6.45, 7) is 2.10. The molecular weight excluding hydrogens is 216 g/mol. The summed E-state index contributed by atoms with van der Waals surface area (Å²) in [5.41, 5.74) is 5.47. The molecule has 2 heterocycles. The van der Waals surface area contributed by atoms with Crippen LogP contribution in [-0.4, -0.2) is 16.2 Å². The van der Waals surface area contributed by atoms with Crippen LogP contribution in [-0.2, 0) is 6.42 Å². The molecule has 0 aliphatic heterocycles. The minimum atomic E-state index is 0.304. The van der Waals surface area contributed by atoms with E-state index in [0.29, 0.717) is 11.9 Å². The number of nitrogens with one attached hydrogen (secondary N) is 1. The molecule has 0 fully saturated rings. The van der Waals surface area contributed by atoms with Crippen LogP contribution in [0.15, 0.2) is 34.9 Å². The van der Waals surface area contributed by atoms with E-state index in [4.69, 9.17) is 10.2 Å². The van der Waals surface area contributed by atoms with Crippen molar-refractivity contribution in [1.82, 2.24) is 10.2 Å². The maximum atomic E-state index is 5.47. The Bertz CT molecular complexity index is 438. The average molecular weight is 232 g/mol. The lowest BCUT2D eigenvalue weighted by Gasteiger charge is -2.13. The second-order valence-electron chi connectivity index (χ2n) is 4.01. The van der Waals surface area contributed by atoms with Gasteiger partial charge in [0.2, 0.25) is 0 Å². The molecule has 2 aromatic heterocycles. The van der Waals surface area contributed by atoms with E-state index in [-0.39, 0.29) is 0 Å². The Morgan fingerprint density at radius 3 is 2.88 bits per heavy atom. The quantitative estimate of drug-likeness (QED) is 0.825. The summed E-state index contributed by atoms with van der Waals surface area (Å²) in [7, 11) is 0. The topological polar surface area (TPSA) is 77.0 Å². The molecule has 0 spiro atoms. The highest BCUT2D eigenvalue weighted by atomic mass is 16.3. The third-order valence-corrected chi connectivity index (χ3v) is 2.48. The van der Waals surface area contributed by atoms with Gasteiger partial charge in [-0.25, -0.2) is 0 Å². The van der Waals surface area contributed by atoms with Gasteiger partial charge < -0.3 is 15.5 Å². The van der Waals surface area contributed by atoms with Crippen molar-refractivity contribution in [2.45, 2.75) is 25.8 Å². The Balaban J connectivity index is 1.80. The number of nitrogens with two attached hydrogens (primary N) is 1. The molecule has 2 aromatic rings. The van der Waals surface area contributed by atoms with E-state index in [2.05, 4.69) is 22.4 Å². The van der Waals surface area contributed by atoms with Crippen LogP contribution in [0.2, 0.25) is 0 Å². The molecule has 0 saturated heterocycles. The van der Waals surface area contributed by atoms with Crippen molar-refractivity contribution in [1.29, 1.82) is 0 Å². The number of nitrogen functional groups attached to an aromatic ring is 1. The molecular formula is C12H16N4O. The Morgan fingerprint density at radius 2 is 2.24 bits per heavy atom. The molecule has 1 unspecified atom stereocenters. The van der Waals surface area contributed by atoms with Gasteiger partial charge in [-0.2, -0.15) is 0 Å². The van der Waals surface area contributed by atoms with Crippen molar-refractivity contribution in [3.05, 3.63) is 36.3 Å². The van der Waals surface area contributed by atoms with Crippen molar-refractivity contribution in [3.63, 3.8) is 0 Å². The third-order valence-electron chi connectivity index (χ3n) is 2.48. The molecule has 0 radical (unpaired) electrons. The van der Waals surface area contributed by atoms with Crippen LogP contribution in [0, 0.1) is 0 Å². The Labute approximate surface area is 100 Å². The maximum Gasteiger partial charge on any atom is 0.149 e. The minimum Gasteiger partial charge on any atom is -0.469 e. The smallest absolute Gasteiger partial charge is 0.149 e. The highest BCUT2D eigenvalue weighted by molar-refractivity contribution is 5.38. The normalized spacial score (nSPS) is 12.3. The number of anilines is 2. The zero-order valence-corrected chi connectivity index (χ0v) is 9.76.